The van der Waals surface area contributed by atoms with Crippen LogP contribution in [0.1, 0.15) is 18.7 Å². The lowest BCUT2D eigenvalue weighted by molar-refractivity contribution is 0.584. The standard InChI is InChI=1S/C13H21N5/c1-11-15-12(17-6-2-3-7-17)10-13(16-11)18-8-4-14-5-9-18/h10,14H,2-9H2,1H3. The van der Waals surface area contributed by atoms with Crippen LogP contribution in [-0.4, -0.2) is 49.2 Å². The average Bonchev–Trinajstić information content (AvgIpc) is 2.93. The van der Waals surface area contributed by atoms with Gasteiger partial charge in [0.2, 0.25) is 0 Å². The molecule has 2 aliphatic heterocycles. The molecule has 2 fully saturated rings. The summed E-state index contributed by atoms with van der Waals surface area (Å²) in [5.41, 5.74) is 0. The summed E-state index contributed by atoms with van der Waals surface area (Å²) in [6.45, 7) is 8.43. The SMILES string of the molecule is Cc1nc(N2CCCC2)cc(N2CCNCC2)n1. The van der Waals surface area contributed by atoms with Crippen LogP contribution < -0.4 is 15.1 Å². The molecule has 1 aromatic heterocycles. The first-order valence-corrected chi connectivity index (χ1v) is 6.89. The highest BCUT2D eigenvalue weighted by molar-refractivity contribution is 5.51. The summed E-state index contributed by atoms with van der Waals surface area (Å²) in [5, 5.41) is 3.37. The number of nitrogens with zero attached hydrogens (tertiary/aromatic N) is 4. The minimum Gasteiger partial charge on any atom is -0.356 e. The molecule has 18 heavy (non-hydrogen) atoms. The molecular weight excluding hydrogens is 226 g/mol. The molecule has 0 unspecified atom stereocenters. The largest absolute Gasteiger partial charge is 0.356 e. The molecule has 5 heteroatoms. The molecule has 0 aromatic carbocycles. The molecule has 3 rings (SSSR count). The maximum Gasteiger partial charge on any atom is 0.134 e. The maximum absolute atomic E-state index is 4.59. The lowest BCUT2D eigenvalue weighted by Crippen LogP contribution is -2.44. The maximum atomic E-state index is 4.59. The third-order valence-corrected chi connectivity index (χ3v) is 3.68. The van der Waals surface area contributed by atoms with Gasteiger partial charge in [-0.15, -0.1) is 0 Å². The summed E-state index contributed by atoms with van der Waals surface area (Å²) in [6, 6.07) is 2.16. The third-order valence-electron chi connectivity index (χ3n) is 3.68. The van der Waals surface area contributed by atoms with Crippen LogP contribution in [0.3, 0.4) is 0 Å². The van der Waals surface area contributed by atoms with Crippen LogP contribution >= 0.6 is 0 Å². The molecular formula is C13H21N5. The van der Waals surface area contributed by atoms with Gasteiger partial charge in [0.15, 0.2) is 0 Å². The van der Waals surface area contributed by atoms with Crippen molar-refractivity contribution in [3.63, 3.8) is 0 Å². The summed E-state index contributed by atoms with van der Waals surface area (Å²) in [4.78, 5) is 13.9. The lowest BCUT2D eigenvalue weighted by Gasteiger charge is -2.29. The molecule has 1 aromatic rings. The Bertz CT molecular complexity index is 408. The van der Waals surface area contributed by atoms with Gasteiger partial charge in [0.05, 0.1) is 0 Å². The molecule has 0 atom stereocenters. The van der Waals surface area contributed by atoms with Gasteiger partial charge < -0.3 is 15.1 Å². The fourth-order valence-electron chi connectivity index (χ4n) is 2.70. The van der Waals surface area contributed by atoms with Crippen molar-refractivity contribution in [1.29, 1.82) is 0 Å². The second-order valence-electron chi connectivity index (χ2n) is 5.06. The number of aromatic nitrogens is 2. The van der Waals surface area contributed by atoms with Crippen molar-refractivity contribution >= 4 is 11.6 Å². The van der Waals surface area contributed by atoms with Crippen LogP contribution in [0.25, 0.3) is 0 Å². The van der Waals surface area contributed by atoms with E-state index in [-0.39, 0.29) is 0 Å². The van der Waals surface area contributed by atoms with Crippen LogP contribution in [0.4, 0.5) is 11.6 Å². The predicted octanol–water partition coefficient (Wildman–Crippen LogP) is 0.795. The van der Waals surface area contributed by atoms with E-state index < -0.39 is 0 Å². The minimum atomic E-state index is 0.882. The molecule has 0 radical (unpaired) electrons. The van der Waals surface area contributed by atoms with Gasteiger partial charge in [0.25, 0.3) is 0 Å². The fraction of sp³-hybridized carbons (Fsp3) is 0.692. The summed E-state index contributed by atoms with van der Waals surface area (Å²) in [5.74, 6) is 3.08. The smallest absolute Gasteiger partial charge is 0.134 e. The van der Waals surface area contributed by atoms with Crippen molar-refractivity contribution in [3.8, 4) is 0 Å². The minimum absolute atomic E-state index is 0.882. The monoisotopic (exact) mass is 247 g/mol. The van der Waals surface area contributed by atoms with Crippen molar-refractivity contribution in [2.75, 3.05) is 49.1 Å². The molecule has 5 nitrogen and oxygen atoms in total. The second-order valence-corrected chi connectivity index (χ2v) is 5.06. The van der Waals surface area contributed by atoms with Gasteiger partial charge >= 0.3 is 0 Å². The zero-order chi connectivity index (χ0) is 12.4. The van der Waals surface area contributed by atoms with Crippen molar-refractivity contribution < 1.29 is 0 Å². The van der Waals surface area contributed by atoms with Gasteiger partial charge in [-0.3, -0.25) is 0 Å². The summed E-state index contributed by atoms with van der Waals surface area (Å²) in [6.07, 6.45) is 2.57. The fourth-order valence-corrected chi connectivity index (χ4v) is 2.70. The average molecular weight is 247 g/mol. The Morgan fingerprint density at radius 3 is 2.11 bits per heavy atom. The van der Waals surface area contributed by atoms with Crippen LogP contribution in [-0.2, 0) is 0 Å². The predicted molar refractivity (Wildman–Crippen MR) is 73.3 cm³/mol. The highest BCUT2D eigenvalue weighted by Crippen LogP contribution is 2.22. The number of hydrogen-bond acceptors (Lipinski definition) is 5. The molecule has 0 aliphatic carbocycles. The van der Waals surface area contributed by atoms with Crippen molar-refractivity contribution in [1.82, 2.24) is 15.3 Å². The Kier molecular flexibility index (Phi) is 3.32. The van der Waals surface area contributed by atoms with Crippen molar-refractivity contribution in [2.45, 2.75) is 19.8 Å². The van der Waals surface area contributed by atoms with Gasteiger partial charge in [0.1, 0.15) is 17.5 Å². The number of anilines is 2. The van der Waals surface area contributed by atoms with Crippen molar-refractivity contribution in [3.05, 3.63) is 11.9 Å². The van der Waals surface area contributed by atoms with E-state index in [4.69, 9.17) is 0 Å². The second kappa shape index (κ2) is 5.10. The molecule has 0 bridgehead atoms. The lowest BCUT2D eigenvalue weighted by atomic mass is 10.3. The van der Waals surface area contributed by atoms with E-state index in [9.17, 15) is 0 Å². The van der Waals surface area contributed by atoms with E-state index in [1.165, 1.54) is 12.8 Å². The van der Waals surface area contributed by atoms with Crippen LogP contribution in [0.2, 0.25) is 0 Å². The summed E-state index contributed by atoms with van der Waals surface area (Å²) in [7, 11) is 0. The third kappa shape index (κ3) is 2.41. The first-order chi connectivity index (χ1) is 8.83. The Hall–Kier alpha value is -1.36. The Labute approximate surface area is 108 Å². The van der Waals surface area contributed by atoms with Gasteiger partial charge in [-0.25, -0.2) is 9.97 Å². The Morgan fingerprint density at radius 2 is 1.50 bits per heavy atom. The van der Waals surface area contributed by atoms with E-state index in [0.717, 1.165) is 56.7 Å². The van der Waals surface area contributed by atoms with Crippen molar-refractivity contribution in [2.24, 2.45) is 0 Å². The first-order valence-electron chi connectivity index (χ1n) is 6.89. The van der Waals surface area contributed by atoms with Gasteiger partial charge in [0, 0.05) is 45.3 Å². The molecule has 2 aliphatic rings. The van der Waals surface area contributed by atoms with Gasteiger partial charge in [-0.1, -0.05) is 0 Å². The van der Waals surface area contributed by atoms with E-state index in [2.05, 4.69) is 31.2 Å². The molecule has 0 amide bonds. The summed E-state index contributed by atoms with van der Waals surface area (Å²) < 4.78 is 0. The molecule has 2 saturated heterocycles. The quantitative estimate of drug-likeness (QED) is 0.837. The number of nitrogens with one attached hydrogen (secondary N) is 1. The molecule has 0 spiro atoms. The normalized spacial score (nSPS) is 20.5. The van der Waals surface area contributed by atoms with E-state index in [1.807, 2.05) is 6.92 Å². The van der Waals surface area contributed by atoms with Gasteiger partial charge in [-0.05, 0) is 19.8 Å². The number of piperazine rings is 1. The number of aryl methyl sites for hydroxylation is 1. The molecule has 98 valence electrons. The van der Waals surface area contributed by atoms with E-state index in [0.29, 0.717) is 0 Å². The highest BCUT2D eigenvalue weighted by Gasteiger charge is 2.18. The molecule has 3 heterocycles. The summed E-state index contributed by atoms with van der Waals surface area (Å²) >= 11 is 0. The Morgan fingerprint density at radius 1 is 0.944 bits per heavy atom. The van der Waals surface area contributed by atoms with Crippen LogP contribution in [0, 0.1) is 6.92 Å². The van der Waals surface area contributed by atoms with Gasteiger partial charge in [-0.2, -0.15) is 0 Å². The van der Waals surface area contributed by atoms with E-state index in [1.54, 1.807) is 0 Å². The van der Waals surface area contributed by atoms with E-state index >= 15 is 0 Å². The Balaban J connectivity index is 1.84. The highest BCUT2D eigenvalue weighted by atomic mass is 15.3. The number of rotatable bonds is 2. The van der Waals surface area contributed by atoms with Crippen LogP contribution in [0.5, 0.6) is 0 Å². The number of hydrogen-bond donors (Lipinski definition) is 1. The zero-order valence-electron chi connectivity index (χ0n) is 11.0. The molecule has 0 saturated carbocycles. The van der Waals surface area contributed by atoms with Crippen LogP contribution in [0.15, 0.2) is 6.07 Å². The zero-order valence-corrected chi connectivity index (χ0v) is 11.0. The first kappa shape index (κ1) is 11.7. The molecule has 1 N–H and O–H groups in total. The topological polar surface area (TPSA) is 44.3 Å².